The minimum atomic E-state index is -0.583. The minimum absolute atomic E-state index is 0.243. The molecule has 0 aliphatic rings. The van der Waals surface area contributed by atoms with Crippen LogP contribution in [0.1, 0.15) is 16.1 Å². The van der Waals surface area contributed by atoms with Gasteiger partial charge in [-0.3, -0.25) is 9.78 Å². The molecule has 5 nitrogen and oxygen atoms in total. The van der Waals surface area contributed by atoms with Crippen molar-refractivity contribution in [3.05, 3.63) is 47.8 Å². The molecule has 92 valence electrons. The summed E-state index contributed by atoms with van der Waals surface area (Å²) < 4.78 is 5.55. The number of nitrogen functional groups attached to an aromatic ring is 1. The highest BCUT2D eigenvalue weighted by molar-refractivity contribution is 5.98. The van der Waals surface area contributed by atoms with E-state index in [1.54, 1.807) is 24.4 Å². The first-order chi connectivity index (χ1) is 8.56. The van der Waals surface area contributed by atoms with E-state index in [9.17, 15) is 4.79 Å². The first-order valence-electron chi connectivity index (χ1n) is 5.36. The second kappa shape index (κ2) is 4.75. The standard InChI is InChI=1S/C13H13N3O2/c1-8-2-3-10(7-16-8)18-9-4-5-12(14)11(6-9)13(15)17/h2-7H,14H2,1H3,(H2,15,17). The van der Waals surface area contributed by atoms with Crippen molar-refractivity contribution in [2.75, 3.05) is 5.73 Å². The number of aryl methyl sites for hydroxylation is 1. The highest BCUT2D eigenvalue weighted by Gasteiger charge is 2.08. The summed E-state index contributed by atoms with van der Waals surface area (Å²) in [6.45, 7) is 1.89. The Balaban J connectivity index is 2.27. The first kappa shape index (κ1) is 11.9. The maximum Gasteiger partial charge on any atom is 0.250 e. The van der Waals surface area contributed by atoms with Gasteiger partial charge in [0, 0.05) is 11.4 Å². The summed E-state index contributed by atoms with van der Waals surface area (Å²) in [6.07, 6.45) is 1.61. The van der Waals surface area contributed by atoms with Crippen molar-refractivity contribution in [2.45, 2.75) is 6.92 Å². The molecule has 4 N–H and O–H groups in total. The summed E-state index contributed by atoms with van der Waals surface area (Å²) in [5, 5.41) is 0. The highest BCUT2D eigenvalue weighted by Crippen LogP contribution is 2.24. The van der Waals surface area contributed by atoms with Crippen LogP contribution in [0.2, 0.25) is 0 Å². The number of primary amides is 1. The second-order valence-electron chi connectivity index (χ2n) is 3.85. The van der Waals surface area contributed by atoms with Gasteiger partial charge in [0.1, 0.15) is 11.5 Å². The Bertz CT molecular complexity index is 579. The van der Waals surface area contributed by atoms with Crippen LogP contribution in [0.25, 0.3) is 0 Å². The van der Waals surface area contributed by atoms with E-state index in [-0.39, 0.29) is 5.56 Å². The van der Waals surface area contributed by atoms with Crippen molar-refractivity contribution in [1.29, 1.82) is 0 Å². The van der Waals surface area contributed by atoms with E-state index in [2.05, 4.69) is 4.98 Å². The van der Waals surface area contributed by atoms with E-state index < -0.39 is 5.91 Å². The molecule has 1 aromatic heterocycles. The van der Waals surface area contributed by atoms with Crippen molar-refractivity contribution in [2.24, 2.45) is 5.73 Å². The van der Waals surface area contributed by atoms with E-state index in [0.717, 1.165) is 5.69 Å². The van der Waals surface area contributed by atoms with Crippen LogP contribution >= 0.6 is 0 Å². The fourth-order valence-electron chi connectivity index (χ4n) is 1.46. The summed E-state index contributed by atoms with van der Waals surface area (Å²) in [5.41, 5.74) is 12.3. The Morgan fingerprint density at radius 3 is 2.56 bits per heavy atom. The summed E-state index contributed by atoms with van der Waals surface area (Å²) >= 11 is 0. The zero-order valence-electron chi connectivity index (χ0n) is 9.88. The number of nitrogens with two attached hydrogens (primary N) is 2. The summed E-state index contributed by atoms with van der Waals surface area (Å²) in [5.74, 6) is 0.490. The number of anilines is 1. The zero-order valence-corrected chi connectivity index (χ0v) is 9.88. The molecule has 0 atom stereocenters. The average molecular weight is 243 g/mol. The number of carbonyl (C=O) groups excluding carboxylic acids is 1. The van der Waals surface area contributed by atoms with Crippen LogP contribution < -0.4 is 16.2 Å². The van der Waals surface area contributed by atoms with Crippen LogP contribution in [-0.4, -0.2) is 10.9 Å². The van der Waals surface area contributed by atoms with Crippen molar-refractivity contribution in [3.63, 3.8) is 0 Å². The molecule has 2 rings (SSSR count). The monoisotopic (exact) mass is 243 g/mol. The Labute approximate surface area is 104 Å². The topological polar surface area (TPSA) is 91.2 Å². The Morgan fingerprint density at radius 2 is 1.94 bits per heavy atom. The van der Waals surface area contributed by atoms with Gasteiger partial charge in [-0.2, -0.15) is 0 Å². The van der Waals surface area contributed by atoms with Gasteiger partial charge in [0.05, 0.1) is 11.8 Å². The van der Waals surface area contributed by atoms with Gasteiger partial charge in [-0.25, -0.2) is 0 Å². The fourth-order valence-corrected chi connectivity index (χ4v) is 1.46. The predicted octanol–water partition coefficient (Wildman–Crippen LogP) is 1.86. The molecule has 0 bridgehead atoms. The largest absolute Gasteiger partial charge is 0.456 e. The van der Waals surface area contributed by atoms with Gasteiger partial charge in [0.25, 0.3) is 5.91 Å². The lowest BCUT2D eigenvalue weighted by Gasteiger charge is -2.08. The van der Waals surface area contributed by atoms with Crippen LogP contribution in [0, 0.1) is 6.92 Å². The van der Waals surface area contributed by atoms with E-state index in [1.807, 2.05) is 13.0 Å². The molecule has 1 amide bonds. The molecule has 2 aromatic rings. The van der Waals surface area contributed by atoms with Gasteiger partial charge in [-0.15, -0.1) is 0 Å². The number of aromatic nitrogens is 1. The number of benzene rings is 1. The van der Waals surface area contributed by atoms with Crippen molar-refractivity contribution >= 4 is 11.6 Å². The highest BCUT2D eigenvalue weighted by atomic mass is 16.5. The maximum absolute atomic E-state index is 11.1. The molecule has 0 saturated heterocycles. The normalized spacial score (nSPS) is 10.1. The van der Waals surface area contributed by atoms with Gasteiger partial charge >= 0.3 is 0 Å². The van der Waals surface area contributed by atoms with Gasteiger partial charge in [0.2, 0.25) is 0 Å². The van der Waals surface area contributed by atoms with Crippen LogP contribution in [0.15, 0.2) is 36.5 Å². The average Bonchev–Trinajstić information content (AvgIpc) is 2.34. The lowest BCUT2D eigenvalue weighted by atomic mass is 10.1. The van der Waals surface area contributed by atoms with Crippen molar-refractivity contribution in [1.82, 2.24) is 4.98 Å². The molecular weight excluding hydrogens is 230 g/mol. The molecule has 0 aliphatic heterocycles. The Morgan fingerprint density at radius 1 is 1.22 bits per heavy atom. The third-order valence-electron chi connectivity index (χ3n) is 2.41. The van der Waals surface area contributed by atoms with Crippen LogP contribution in [0.3, 0.4) is 0 Å². The molecule has 0 saturated carbocycles. The lowest BCUT2D eigenvalue weighted by Crippen LogP contribution is -2.13. The minimum Gasteiger partial charge on any atom is -0.456 e. The molecule has 0 fully saturated rings. The molecule has 0 unspecified atom stereocenters. The van der Waals surface area contributed by atoms with Gasteiger partial charge in [-0.05, 0) is 37.3 Å². The van der Waals surface area contributed by atoms with Gasteiger partial charge in [-0.1, -0.05) is 0 Å². The third kappa shape index (κ3) is 2.57. The molecule has 18 heavy (non-hydrogen) atoms. The quantitative estimate of drug-likeness (QED) is 0.805. The van der Waals surface area contributed by atoms with E-state index in [0.29, 0.717) is 17.2 Å². The maximum atomic E-state index is 11.1. The Kier molecular flexibility index (Phi) is 3.14. The predicted molar refractivity (Wildman–Crippen MR) is 68.4 cm³/mol. The zero-order chi connectivity index (χ0) is 13.1. The third-order valence-corrected chi connectivity index (χ3v) is 2.41. The summed E-state index contributed by atoms with van der Waals surface area (Å²) in [7, 11) is 0. The summed E-state index contributed by atoms with van der Waals surface area (Å²) in [6, 6.07) is 8.39. The van der Waals surface area contributed by atoms with Gasteiger partial charge < -0.3 is 16.2 Å². The molecular formula is C13H13N3O2. The number of ether oxygens (including phenoxy) is 1. The number of nitrogens with zero attached hydrogens (tertiary/aromatic N) is 1. The lowest BCUT2D eigenvalue weighted by molar-refractivity contribution is 0.100. The molecule has 1 heterocycles. The Hall–Kier alpha value is -2.56. The number of hydrogen-bond acceptors (Lipinski definition) is 4. The SMILES string of the molecule is Cc1ccc(Oc2ccc(N)c(C(N)=O)c2)cn1. The smallest absolute Gasteiger partial charge is 0.250 e. The van der Waals surface area contributed by atoms with E-state index in [1.165, 1.54) is 6.07 Å². The number of rotatable bonds is 3. The number of hydrogen-bond donors (Lipinski definition) is 2. The van der Waals surface area contributed by atoms with Crippen molar-refractivity contribution < 1.29 is 9.53 Å². The van der Waals surface area contributed by atoms with E-state index in [4.69, 9.17) is 16.2 Å². The molecule has 0 aliphatic carbocycles. The number of carbonyl (C=O) groups is 1. The van der Waals surface area contributed by atoms with Crippen LogP contribution in [0.5, 0.6) is 11.5 Å². The van der Waals surface area contributed by atoms with Crippen LogP contribution in [0.4, 0.5) is 5.69 Å². The molecule has 1 aromatic carbocycles. The number of amides is 1. The molecule has 0 radical (unpaired) electrons. The summed E-state index contributed by atoms with van der Waals surface area (Å²) in [4.78, 5) is 15.3. The molecule has 5 heteroatoms. The van der Waals surface area contributed by atoms with Crippen molar-refractivity contribution in [3.8, 4) is 11.5 Å². The number of pyridine rings is 1. The first-order valence-corrected chi connectivity index (χ1v) is 5.36. The fraction of sp³-hybridized carbons (Fsp3) is 0.0769. The second-order valence-corrected chi connectivity index (χ2v) is 3.85. The van der Waals surface area contributed by atoms with E-state index >= 15 is 0 Å². The van der Waals surface area contributed by atoms with Gasteiger partial charge in [0.15, 0.2) is 0 Å². The molecule has 0 spiro atoms. The van der Waals surface area contributed by atoms with Crippen LogP contribution in [-0.2, 0) is 0 Å².